The lowest BCUT2D eigenvalue weighted by Gasteiger charge is -2.16. The minimum Gasteiger partial charge on any atom is -0.494 e. The summed E-state index contributed by atoms with van der Waals surface area (Å²) in [6, 6.07) is 5.36. The molecule has 0 heterocycles. The van der Waals surface area contributed by atoms with Crippen molar-refractivity contribution in [1.29, 1.82) is 0 Å². The molecule has 1 rings (SSSR count). The summed E-state index contributed by atoms with van der Waals surface area (Å²) in [6.07, 6.45) is 0.195. The average molecular weight is 251 g/mol. The first-order valence-corrected chi connectivity index (χ1v) is 5.95. The highest BCUT2D eigenvalue weighted by atomic mass is 16.5. The molecule has 0 fully saturated rings. The van der Waals surface area contributed by atoms with Crippen molar-refractivity contribution >= 4 is 5.91 Å². The number of hydrazine groups is 1. The Bertz CT molecular complexity index is 419. The van der Waals surface area contributed by atoms with E-state index in [1.54, 1.807) is 0 Å². The van der Waals surface area contributed by atoms with Gasteiger partial charge in [-0.05, 0) is 31.0 Å². The first kappa shape index (κ1) is 14.5. The number of benzene rings is 1. The van der Waals surface area contributed by atoms with E-state index in [-0.39, 0.29) is 18.4 Å². The molecule has 0 saturated carbocycles. The van der Waals surface area contributed by atoms with Gasteiger partial charge in [0.05, 0.1) is 6.61 Å². The molecule has 0 spiro atoms. The van der Waals surface area contributed by atoms with E-state index < -0.39 is 0 Å². The molecular weight excluding hydrogens is 230 g/mol. The normalized spacial score (nSPS) is 12.1. The largest absolute Gasteiger partial charge is 0.494 e. The van der Waals surface area contributed by atoms with Crippen LogP contribution < -0.4 is 16.3 Å². The zero-order valence-corrected chi connectivity index (χ0v) is 11.1. The summed E-state index contributed by atoms with van der Waals surface area (Å²) in [5, 5.41) is 1.06. The van der Waals surface area contributed by atoms with Crippen molar-refractivity contribution in [2.24, 2.45) is 11.6 Å². The molecule has 5 heteroatoms. The molecule has 1 amide bonds. The Kier molecular flexibility index (Phi) is 5.12. The van der Waals surface area contributed by atoms with Gasteiger partial charge in [-0.2, -0.15) is 0 Å². The zero-order valence-electron chi connectivity index (χ0n) is 11.1. The Morgan fingerprint density at radius 2 is 2.17 bits per heavy atom. The molecule has 1 aromatic rings. The maximum absolute atomic E-state index is 11.5. The molecule has 1 aromatic carbocycles. The fourth-order valence-electron chi connectivity index (χ4n) is 1.67. The Morgan fingerprint density at radius 3 is 2.67 bits per heavy atom. The number of carbonyl (C=O) groups excluding carboxylic acids is 1. The van der Waals surface area contributed by atoms with Crippen molar-refractivity contribution in [1.82, 2.24) is 5.01 Å². The van der Waals surface area contributed by atoms with E-state index in [0.717, 1.165) is 21.9 Å². The van der Waals surface area contributed by atoms with E-state index in [1.807, 2.05) is 32.0 Å². The molecule has 1 atom stereocenters. The molecule has 100 valence electrons. The lowest BCUT2D eigenvalue weighted by Crippen LogP contribution is -2.35. The van der Waals surface area contributed by atoms with E-state index in [9.17, 15) is 4.79 Å². The maximum Gasteiger partial charge on any atom is 0.238 e. The molecule has 0 radical (unpaired) electrons. The molecule has 0 bridgehead atoms. The van der Waals surface area contributed by atoms with E-state index in [1.165, 1.54) is 7.05 Å². The lowest BCUT2D eigenvalue weighted by atomic mass is 10.0. The molecule has 0 aliphatic rings. The SMILES string of the molecule is CCOc1ccc(C(N)CC(=O)N(C)N)cc1C. The molecule has 1 unspecified atom stereocenters. The highest BCUT2D eigenvalue weighted by Gasteiger charge is 2.14. The number of rotatable bonds is 5. The average Bonchev–Trinajstić information content (AvgIpc) is 2.31. The van der Waals surface area contributed by atoms with Gasteiger partial charge >= 0.3 is 0 Å². The van der Waals surface area contributed by atoms with Crippen LogP contribution in [0, 0.1) is 6.92 Å². The topological polar surface area (TPSA) is 81.6 Å². The second-order valence-corrected chi connectivity index (χ2v) is 4.27. The van der Waals surface area contributed by atoms with Crippen LogP contribution in [-0.4, -0.2) is 24.6 Å². The van der Waals surface area contributed by atoms with Gasteiger partial charge in [0.2, 0.25) is 5.91 Å². The van der Waals surface area contributed by atoms with Crippen LogP contribution in [0.3, 0.4) is 0 Å². The van der Waals surface area contributed by atoms with Crippen LogP contribution in [0.2, 0.25) is 0 Å². The van der Waals surface area contributed by atoms with Gasteiger partial charge in [-0.3, -0.25) is 9.80 Å². The molecule has 5 nitrogen and oxygen atoms in total. The van der Waals surface area contributed by atoms with Crippen LogP contribution in [0.15, 0.2) is 18.2 Å². The summed E-state index contributed by atoms with van der Waals surface area (Å²) in [5.74, 6) is 6.02. The van der Waals surface area contributed by atoms with E-state index >= 15 is 0 Å². The number of nitrogens with zero attached hydrogens (tertiary/aromatic N) is 1. The number of nitrogens with two attached hydrogens (primary N) is 2. The van der Waals surface area contributed by atoms with Crippen LogP contribution >= 0.6 is 0 Å². The molecule has 0 aliphatic heterocycles. The third-order valence-electron chi connectivity index (χ3n) is 2.71. The van der Waals surface area contributed by atoms with E-state index in [0.29, 0.717) is 6.61 Å². The first-order chi connectivity index (χ1) is 8.45. The van der Waals surface area contributed by atoms with Crippen molar-refractivity contribution in [3.63, 3.8) is 0 Å². The smallest absolute Gasteiger partial charge is 0.238 e. The molecular formula is C13H21N3O2. The number of carbonyl (C=O) groups is 1. The van der Waals surface area contributed by atoms with Gasteiger partial charge in [-0.1, -0.05) is 12.1 Å². The summed E-state index contributed by atoms with van der Waals surface area (Å²) >= 11 is 0. The van der Waals surface area contributed by atoms with Gasteiger partial charge in [0.1, 0.15) is 5.75 Å². The van der Waals surface area contributed by atoms with Crippen LogP contribution in [0.4, 0.5) is 0 Å². The maximum atomic E-state index is 11.5. The number of aryl methyl sites for hydroxylation is 1. The summed E-state index contributed by atoms with van der Waals surface area (Å²) in [5.41, 5.74) is 7.90. The summed E-state index contributed by atoms with van der Waals surface area (Å²) in [6.45, 7) is 4.52. The third-order valence-corrected chi connectivity index (χ3v) is 2.71. The minimum atomic E-state index is -0.349. The monoisotopic (exact) mass is 251 g/mol. The van der Waals surface area contributed by atoms with Crippen LogP contribution in [0.25, 0.3) is 0 Å². The van der Waals surface area contributed by atoms with Gasteiger partial charge < -0.3 is 10.5 Å². The Hall–Kier alpha value is -1.59. The minimum absolute atomic E-state index is 0.186. The second kappa shape index (κ2) is 6.37. The fourth-order valence-corrected chi connectivity index (χ4v) is 1.67. The highest BCUT2D eigenvalue weighted by molar-refractivity contribution is 5.76. The van der Waals surface area contributed by atoms with Crippen LogP contribution in [0.1, 0.15) is 30.5 Å². The van der Waals surface area contributed by atoms with Crippen LogP contribution in [0.5, 0.6) is 5.75 Å². The van der Waals surface area contributed by atoms with Crippen LogP contribution in [-0.2, 0) is 4.79 Å². The summed E-state index contributed by atoms with van der Waals surface area (Å²) in [7, 11) is 1.51. The second-order valence-electron chi connectivity index (χ2n) is 4.27. The van der Waals surface area contributed by atoms with Gasteiger partial charge in [0.25, 0.3) is 0 Å². The molecule has 18 heavy (non-hydrogen) atoms. The Labute approximate surface area is 108 Å². The highest BCUT2D eigenvalue weighted by Crippen LogP contribution is 2.23. The predicted octanol–water partition coefficient (Wildman–Crippen LogP) is 1.12. The van der Waals surface area contributed by atoms with Crippen molar-refractivity contribution in [3.8, 4) is 5.75 Å². The standard InChI is InChI=1S/C13H21N3O2/c1-4-18-12-6-5-10(7-9(12)2)11(14)8-13(17)16(3)15/h5-7,11H,4,8,14-15H2,1-3H3. The zero-order chi connectivity index (χ0) is 13.7. The molecule has 4 N–H and O–H groups in total. The number of amides is 1. The molecule has 0 saturated heterocycles. The van der Waals surface area contributed by atoms with Gasteiger partial charge in [0, 0.05) is 19.5 Å². The predicted molar refractivity (Wildman–Crippen MR) is 70.9 cm³/mol. The van der Waals surface area contributed by atoms with Crippen molar-refractivity contribution in [3.05, 3.63) is 29.3 Å². The molecule has 0 aromatic heterocycles. The van der Waals surface area contributed by atoms with Gasteiger partial charge in [-0.15, -0.1) is 0 Å². The third kappa shape index (κ3) is 3.72. The first-order valence-electron chi connectivity index (χ1n) is 5.95. The number of hydrogen-bond acceptors (Lipinski definition) is 4. The lowest BCUT2D eigenvalue weighted by molar-refractivity contribution is -0.130. The fraction of sp³-hybridized carbons (Fsp3) is 0.462. The van der Waals surface area contributed by atoms with E-state index in [4.69, 9.17) is 16.3 Å². The molecule has 0 aliphatic carbocycles. The van der Waals surface area contributed by atoms with Crippen molar-refractivity contribution in [2.45, 2.75) is 26.3 Å². The number of ether oxygens (including phenoxy) is 1. The quantitative estimate of drug-likeness (QED) is 0.467. The number of hydrogen-bond donors (Lipinski definition) is 2. The van der Waals surface area contributed by atoms with E-state index in [2.05, 4.69) is 0 Å². The summed E-state index contributed by atoms with van der Waals surface area (Å²) < 4.78 is 5.45. The summed E-state index contributed by atoms with van der Waals surface area (Å²) in [4.78, 5) is 11.5. The Morgan fingerprint density at radius 1 is 1.50 bits per heavy atom. The van der Waals surface area contributed by atoms with Crippen molar-refractivity contribution < 1.29 is 9.53 Å². The Balaban J connectivity index is 2.78. The van der Waals surface area contributed by atoms with Gasteiger partial charge in [0.15, 0.2) is 0 Å². The van der Waals surface area contributed by atoms with Gasteiger partial charge in [-0.25, -0.2) is 5.84 Å². The van der Waals surface area contributed by atoms with Crippen molar-refractivity contribution in [2.75, 3.05) is 13.7 Å².